The van der Waals surface area contributed by atoms with E-state index in [2.05, 4.69) is 10.1 Å². The summed E-state index contributed by atoms with van der Waals surface area (Å²) in [5.41, 5.74) is 7.08. The van der Waals surface area contributed by atoms with Crippen LogP contribution in [0, 0.1) is 6.92 Å². The van der Waals surface area contributed by atoms with Gasteiger partial charge in [0.1, 0.15) is 5.82 Å². The first-order valence-electron chi connectivity index (χ1n) is 5.75. The van der Waals surface area contributed by atoms with Crippen LogP contribution in [0.15, 0.2) is 17.3 Å². The van der Waals surface area contributed by atoms with E-state index in [-0.39, 0.29) is 5.84 Å². The second-order valence-corrected chi connectivity index (χ2v) is 4.11. The first-order chi connectivity index (χ1) is 8.58. The normalized spacial score (nSPS) is 11.6. The fourth-order valence-electron chi connectivity index (χ4n) is 1.61. The molecule has 0 spiro atoms. The zero-order valence-corrected chi connectivity index (χ0v) is 11.1. The molecule has 0 fully saturated rings. The Balaban J connectivity index is 2.85. The van der Waals surface area contributed by atoms with E-state index < -0.39 is 0 Å². The smallest absolute Gasteiger partial charge is 0.170 e. The van der Waals surface area contributed by atoms with Crippen molar-refractivity contribution >= 4 is 11.7 Å². The topological polar surface area (TPSA) is 84.0 Å². The van der Waals surface area contributed by atoms with Crippen LogP contribution in [0.1, 0.15) is 17.7 Å². The van der Waals surface area contributed by atoms with Crippen molar-refractivity contribution in [2.75, 3.05) is 32.2 Å². The van der Waals surface area contributed by atoms with Crippen molar-refractivity contribution in [2.45, 2.75) is 13.3 Å². The summed E-state index contributed by atoms with van der Waals surface area (Å²) in [5.74, 6) is 0.889. The number of aryl methyl sites for hydroxylation is 1. The Hall–Kier alpha value is -1.82. The lowest BCUT2D eigenvalue weighted by Crippen LogP contribution is -2.22. The lowest BCUT2D eigenvalue weighted by Gasteiger charge is -2.19. The van der Waals surface area contributed by atoms with E-state index in [1.165, 1.54) is 0 Å². The van der Waals surface area contributed by atoms with E-state index in [0.29, 0.717) is 12.2 Å². The summed E-state index contributed by atoms with van der Waals surface area (Å²) < 4.78 is 5.01. The predicted octanol–water partition coefficient (Wildman–Crippen LogP) is 0.957. The van der Waals surface area contributed by atoms with Crippen LogP contribution in [0.25, 0.3) is 0 Å². The molecule has 0 aromatic carbocycles. The Bertz CT molecular complexity index is 421. The lowest BCUT2D eigenvalue weighted by atomic mass is 10.2. The summed E-state index contributed by atoms with van der Waals surface area (Å²) in [6, 6.07) is 3.58. The second kappa shape index (κ2) is 6.80. The van der Waals surface area contributed by atoms with Gasteiger partial charge in [-0.25, -0.2) is 4.98 Å². The minimum absolute atomic E-state index is 0.0899. The molecule has 0 saturated heterocycles. The number of nitrogens with two attached hydrogens (primary N) is 1. The van der Waals surface area contributed by atoms with Crippen molar-refractivity contribution in [3.63, 3.8) is 0 Å². The van der Waals surface area contributed by atoms with Gasteiger partial charge in [-0.15, -0.1) is 0 Å². The van der Waals surface area contributed by atoms with E-state index >= 15 is 0 Å². The van der Waals surface area contributed by atoms with Gasteiger partial charge in [0.15, 0.2) is 5.84 Å². The van der Waals surface area contributed by atoms with Crippen molar-refractivity contribution in [1.82, 2.24) is 4.98 Å². The summed E-state index contributed by atoms with van der Waals surface area (Å²) in [4.78, 5) is 6.44. The number of anilines is 1. The number of rotatable bonds is 6. The molecule has 0 saturated carbocycles. The molecule has 1 rings (SSSR count). The molecule has 0 bridgehead atoms. The van der Waals surface area contributed by atoms with Crippen molar-refractivity contribution in [1.29, 1.82) is 0 Å². The fraction of sp³-hybridized carbons (Fsp3) is 0.500. The molecule has 1 aromatic heterocycles. The zero-order valence-electron chi connectivity index (χ0n) is 11.1. The van der Waals surface area contributed by atoms with Gasteiger partial charge in [0.25, 0.3) is 0 Å². The van der Waals surface area contributed by atoms with E-state index in [1.54, 1.807) is 19.2 Å². The van der Waals surface area contributed by atoms with E-state index in [9.17, 15) is 0 Å². The van der Waals surface area contributed by atoms with Crippen LogP contribution in [0.3, 0.4) is 0 Å². The number of aromatic nitrogens is 1. The summed E-state index contributed by atoms with van der Waals surface area (Å²) in [6.45, 7) is 3.42. The summed E-state index contributed by atoms with van der Waals surface area (Å²) in [6.07, 6.45) is 0.918. The minimum atomic E-state index is 0.0899. The molecule has 0 radical (unpaired) electrons. The maximum atomic E-state index is 8.69. The Kier molecular flexibility index (Phi) is 5.38. The van der Waals surface area contributed by atoms with Crippen LogP contribution >= 0.6 is 0 Å². The van der Waals surface area contributed by atoms with Crippen molar-refractivity contribution in [3.05, 3.63) is 23.4 Å². The molecule has 18 heavy (non-hydrogen) atoms. The van der Waals surface area contributed by atoms with Crippen LogP contribution in [-0.2, 0) is 4.74 Å². The minimum Gasteiger partial charge on any atom is -0.409 e. The van der Waals surface area contributed by atoms with Crippen LogP contribution in [-0.4, -0.2) is 43.3 Å². The molecule has 0 unspecified atom stereocenters. The molecular formula is C12H20N4O2. The lowest BCUT2D eigenvalue weighted by molar-refractivity contribution is 0.196. The maximum absolute atomic E-state index is 8.69. The number of ether oxygens (including phenoxy) is 1. The highest BCUT2D eigenvalue weighted by molar-refractivity contribution is 5.97. The monoisotopic (exact) mass is 252 g/mol. The van der Waals surface area contributed by atoms with Crippen molar-refractivity contribution in [2.24, 2.45) is 10.9 Å². The van der Waals surface area contributed by atoms with Crippen molar-refractivity contribution in [3.8, 4) is 0 Å². The zero-order chi connectivity index (χ0) is 13.5. The highest BCUT2D eigenvalue weighted by atomic mass is 16.5. The van der Waals surface area contributed by atoms with E-state index in [0.717, 1.165) is 24.5 Å². The molecular weight excluding hydrogens is 232 g/mol. The van der Waals surface area contributed by atoms with E-state index in [4.69, 9.17) is 15.7 Å². The number of amidine groups is 1. The summed E-state index contributed by atoms with van der Waals surface area (Å²) in [7, 11) is 3.63. The van der Waals surface area contributed by atoms with Crippen LogP contribution < -0.4 is 10.6 Å². The molecule has 3 N–H and O–H groups in total. The molecule has 100 valence electrons. The third-order valence-electron chi connectivity index (χ3n) is 2.58. The van der Waals surface area contributed by atoms with Gasteiger partial charge in [-0.2, -0.15) is 0 Å². The van der Waals surface area contributed by atoms with Gasteiger partial charge in [0.2, 0.25) is 0 Å². The van der Waals surface area contributed by atoms with Crippen LogP contribution in [0.5, 0.6) is 0 Å². The van der Waals surface area contributed by atoms with Gasteiger partial charge in [-0.1, -0.05) is 5.16 Å². The highest BCUT2D eigenvalue weighted by Gasteiger charge is 2.07. The summed E-state index contributed by atoms with van der Waals surface area (Å²) in [5, 5.41) is 11.7. The molecule has 0 aliphatic carbocycles. The molecule has 1 heterocycles. The molecule has 6 nitrogen and oxygen atoms in total. The number of pyridine rings is 1. The van der Waals surface area contributed by atoms with Crippen LogP contribution in [0.2, 0.25) is 0 Å². The van der Waals surface area contributed by atoms with Gasteiger partial charge in [-0.3, -0.25) is 0 Å². The number of oxime groups is 1. The van der Waals surface area contributed by atoms with E-state index in [1.807, 2.05) is 18.9 Å². The van der Waals surface area contributed by atoms with Crippen molar-refractivity contribution < 1.29 is 9.94 Å². The van der Waals surface area contributed by atoms with Gasteiger partial charge < -0.3 is 20.6 Å². The third kappa shape index (κ3) is 3.89. The Morgan fingerprint density at radius 2 is 2.28 bits per heavy atom. The first kappa shape index (κ1) is 14.2. The number of hydrogen-bond donors (Lipinski definition) is 2. The average Bonchev–Trinajstić information content (AvgIpc) is 2.37. The Labute approximate surface area is 107 Å². The highest BCUT2D eigenvalue weighted by Crippen LogP contribution is 2.14. The fourth-order valence-corrected chi connectivity index (χ4v) is 1.61. The molecule has 6 heteroatoms. The summed E-state index contributed by atoms with van der Waals surface area (Å²) >= 11 is 0. The van der Waals surface area contributed by atoms with Crippen LogP contribution in [0.4, 0.5) is 5.82 Å². The molecule has 0 atom stereocenters. The molecule has 0 amide bonds. The maximum Gasteiger partial charge on any atom is 0.170 e. The number of nitrogens with zero attached hydrogens (tertiary/aromatic N) is 3. The van der Waals surface area contributed by atoms with Gasteiger partial charge in [0.05, 0.1) is 0 Å². The predicted molar refractivity (Wildman–Crippen MR) is 71.2 cm³/mol. The Morgan fingerprint density at radius 3 is 2.89 bits per heavy atom. The molecule has 1 aromatic rings. The number of methoxy groups -OCH3 is 1. The SMILES string of the molecule is COCCCN(C)c1cc(/C(N)=N/O)cc(C)n1. The average molecular weight is 252 g/mol. The standard InChI is InChI=1S/C12H20N4O2/c1-9-7-10(12(13)15-17)8-11(14-9)16(2)5-4-6-18-3/h7-8,17H,4-6H2,1-3H3,(H2,13,15). The number of hydrogen-bond acceptors (Lipinski definition) is 5. The molecule has 0 aliphatic heterocycles. The Morgan fingerprint density at radius 1 is 1.56 bits per heavy atom. The van der Waals surface area contributed by atoms with Gasteiger partial charge in [-0.05, 0) is 25.5 Å². The van der Waals surface area contributed by atoms with Gasteiger partial charge in [0, 0.05) is 38.6 Å². The first-order valence-corrected chi connectivity index (χ1v) is 5.75. The second-order valence-electron chi connectivity index (χ2n) is 4.11. The largest absolute Gasteiger partial charge is 0.409 e. The van der Waals surface area contributed by atoms with Gasteiger partial charge >= 0.3 is 0 Å². The quantitative estimate of drug-likeness (QED) is 0.259. The molecule has 0 aliphatic rings. The third-order valence-corrected chi connectivity index (χ3v) is 2.58.